The molecule has 162 valence electrons. The SMILES string of the molecule is NC1CN(c2nc(N3CCS(=O)(=O)c4ccccc4C3)nc3ccc(C(F)F)cc23)C1. The second-order valence-corrected chi connectivity index (χ2v) is 10.0. The number of hydrogen-bond donors (Lipinski definition) is 1. The summed E-state index contributed by atoms with van der Waals surface area (Å²) in [6, 6.07) is 11.3. The zero-order valence-corrected chi connectivity index (χ0v) is 17.4. The normalized spacial score (nSPS) is 18.7. The Labute approximate surface area is 178 Å². The van der Waals surface area contributed by atoms with Crippen LogP contribution in [-0.2, 0) is 16.4 Å². The topological polar surface area (TPSA) is 92.4 Å². The second kappa shape index (κ2) is 7.38. The Bertz CT molecular complexity index is 1260. The first-order valence-corrected chi connectivity index (χ1v) is 11.6. The molecular formula is C21H21F2N5O2S. The molecule has 0 bridgehead atoms. The molecule has 3 aromatic rings. The van der Waals surface area contributed by atoms with Crippen LogP contribution in [0.3, 0.4) is 0 Å². The summed E-state index contributed by atoms with van der Waals surface area (Å²) >= 11 is 0. The minimum Gasteiger partial charge on any atom is -0.353 e. The average Bonchev–Trinajstić information content (AvgIpc) is 2.86. The molecule has 1 fully saturated rings. The number of hydrogen-bond acceptors (Lipinski definition) is 7. The van der Waals surface area contributed by atoms with Crippen LogP contribution < -0.4 is 15.5 Å². The van der Waals surface area contributed by atoms with Gasteiger partial charge in [0.25, 0.3) is 6.43 Å². The van der Waals surface area contributed by atoms with Crippen LogP contribution in [0.15, 0.2) is 47.4 Å². The number of rotatable bonds is 3. The van der Waals surface area contributed by atoms with Gasteiger partial charge in [-0.1, -0.05) is 24.3 Å². The molecule has 0 radical (unpaired) electrons. The molecule has 2 aromatic carbocycles. The first-order chi connectivity index (χ1) is 14.8. The molecule has 0 atom stereocenters. The van der Waals surface area contributed by atoms with Crippen molar-refractivity contribution in [1.82, 2.24) is 9.97 Å². The Balaban J connectivity index is 1.61. The fourth-order valence-electron chi connectivity index (χ4n) is 4.06. The van der Waals surface area contributed by atoms with E-state index < -0.39 is 16.3 Å². The first kappa shape index (κ1) is 20.1. The molecule has 2 aliphatic rings. The van der Waals surface area contributed by atoms with E-state index in [2.05, 4.69) is 9.97 Å². The predicted molar refractivity (Wildman–Crippen MR) is 114 cm³/mol. The second-order valence-electron chi connectivity index (χ2n) is 7.94. The molecule has 0 spiro atoms. The van der Waals surface area contributed by atoms with Gasteiger partial charge in [-0.2, -0.15) is 4.98 Å². The summed E-state index contributed by atoms with van der Waals surface area (Å²) in [7, 11) is -3.41. The predicted octanol–water partition coefficient (Wildman–Crippen LogP) is 2.51. The molecule has 0 aliphatic carbocycles. The smallest absolute Gasteiger partial charge is 0.263 e. The van der Waals surface area contributed by atoms with Gasteiger partial charge in [-0.05, 0) is 23.8 Å². The van der Waals surface area contributed by atoms with Crippen LogP contribution >= 0.6 is 0 Å². The van der Waals surface area contributed by atoms with Crippen LogP contribution in [0.1, 0.15) is 17.6 Å². The zero-order chi connectivity index (χ0) is 21.8. The summed E-state index contributed by atoms with van der Waals surface area (Å²) in [5, 5.41) is 0.538. The molecule has 2 aliphatic heterocycles. The van der Waals surface area contributed by atoms with Gasteiger partial charge in [-0.25, -0.2) is 22.2 Å². The average molecular weight is 445 g/mol. The number of anilines is 2. The maximum absolute atomic E-state index is 13.3. The number of aromatic nitrogens is 2. The summed E-state index contributed by atoms with van der Waals surface area (Å²) < 4.78 is 51.9. The van der Waals surface area contributed by atoms with E-state index in [9.17, 15) is 17.2 Å². The van der Waals surface area contributed by atoms with Crippen LogP contribution in [0.2, 0.25) is 0 Å². The van der Waals surface area contributed by atoms with E-state index in [0.29, 0.717) is 52.8 Å². The molecule has 1 saturated heterocycles. The lowest BCUT2D eigenvalue weighted by atomic mass is 10.1. The highest BCUT2D eigenvalue weighted by molar-refractivity contribution is 7.91. The van der Waals surface area contributed by atoms with Crippen molar-refractivity contribution < 1.29 is 17.2 Å². The van der Waals surface area contributed by atoms with Crippen molar-refractivity contribution in [1.29, 1.82) is 0 Å². The van der Waals surface area contributed by atoms with Gasteiger partial charge < -0.3 is 15.5 Å². The summed E-state index contributed by atoms with van der Waals surface area (Å²) in [5.41, 5.74) is 7.06. The van der Waals surface area contributed by atoms with E-state index in [-0.39, 0.29) is 23.9 Å². The van der Waals surface area contributed by atoms with Crippen molar-refractivity contribution in [3.63, 3.8) is 0 Å². The number of halogens is 2. The van der Waals surface area contributed by atoms with Gasteiger partial charge >= 0.3 is 0 Å². The van der Waals surface area contributed by atoms with Crippen LogP contribution in [0.4, 0.5) is 20.5 Å². The zero-order valence-electron chi connectivity index (χ0n) is 16.6. The fraction of sp³-hybridized carbons (Fsp3) is 0.333. The number of nitrogens with zero attached hydrogens (tertiary/aromatic N) is 4. The molecule has 7 nitrogen and oxygen atoms in total. The highest BCUT2D eigenvalue weighted by Gasteiger charge is 2.30. The molecule has 10 heteroatoms. The van der Waals surface area contributed by atoms with Gasteiger partial charge in [0.05, 0.1) is 16.2 Å². The van der Waals surface area contributed by atoms with Crippen molar-refractivity contribution in [3.05, 3.63) is 53.6 Å². The maximum atomic E-state index is 13.3. The van der Waals surface area contributed by atoms with Gasteiger partial charge in [0.1, 0.15) is 5.82 Å². The van der Waals surface area contributed by atoms with Crippen molar-refractivity contribution >= 4 is 32.5 Å². The monoisotopic (exact) mass is 445 g/mol. The fourth-order valence-corrected chi connectivity index (χ4v) is 5.55. The lowest BCUT2D eigenvalue weighted by Gasteiger charge is -2.38. The largest absolute Gasteiger partial charge is 0.353 e. The summed E-state index contributed by atoms with van der Waals surface area (Å²) in [5.74, 6) is 0.865. The molecule has 5 rings (SSSR count). The molecule has 3 heterocycles. The van der Waals surface area contributed by atoms with E-state index >= 15 is 0 Å². The number of nitrogens with two attached hydrogens (primary N) is 1. The van der Waals surface area contributed by atoms with E-state index in [1.165, 1.54) is 12.1 Å². The number of sulfone groups is 1. The van der Waals surface area contributed by atoms with Gasteiger partial charge in [-0.3, -0.25) is 0 Å². The van der Waals surface area contributed by atoms with Crippen molar-refractivity contribution in [3.8, 4) is 0 Å². The third kappa shape index (κ3) is 3.59. The van der Waals surface area contributed by atoms with Crippen molar-refractivity contribution in [2.75, 3.05) is 35.2 Å². The van der Waals surface area contributed by atoms with E-state index in [1.54, 1.807) is 30.3 Å². The minimum atomic E-state index is -3.41. The van der Waals surface area contributed by atoms with E-state index in [4.69, 9.17) is 5.73 Å². The Hall–Kier alpha value is -2.85. The lowest BCUT2D eigenvalue weighted by molar-refractivity contribution is 0.151. The summed E-state index contributed by atoms with van der Waals surface area (Å²) in [6.07, 6.45) is -2.59. The molecule has 0 saturated carbocycles. The molecule has 2 N–H and O–H groups in total. The molecular weight excluding hydrogens is 424 g/mol. The van der Waals surface area contributed by atoms with Crippen molar-refractivity contribution in [2.45, 2.75) is 23.9 Å². The highest BCUT2D eigenvalue weighted by atomic mass is 32.2. The Kier molecular flexibility index (Phi) is 4.78. The van der Waals surface area contributed by atoms with E-state index in [1.807, 2.05) is 9.80 Å². The molecule has 0 amide bonds. The summed E-state index contributed by atoms with van der Waals surface area (Å²) in [4.78, 5) is 13.4. The lowest BCUT2D eigenvalue weighted by Crippen LogP contribution is -2.56. The van der Waals surface area contributed by atoms with Gasteiger partial charge in [0.2, 0.25) is 5.95 Å². The summed E-state index contributed by atoms with van der Waals surface area (Å²) in [6.45, 7) is 1.72. The number of fused-ring (bicyclic) bond motifs is 2. The highest BCUT2D eigenvalue weighted by Crippen LogP contribution is 2.33. The Morgan fingerprint density at radius 2 is 1.84 bits per heavy atom. The molecule has 31 heavy (non-hydrogen) atoms. The maximum Gasteiger partial charge on any atom is 0.263 e. The standard InChI is InChI=1S/C21H21F2N5O2S/c22-19(23)13-5-6-17-16(9-13)20(28-11-15(24)12-28)26-21(25-17)27-7-8-31(29,30)18-4-2-1-3-14(18)10-27/h1-6,9,15,19H,7-8,10-12,24H2. The molecule has 1 aromatic heterocycles. The van der Waals surface area contributed by atoms with Crippen LogP contribution in [0, 0.1) is 0 Å². The van der Waals surface area contributed by atoms with Crippen LogP contribution in [-0.4, -0.2) is 49.8 Å². The van der Waals surface area contributed by atoms with Gasteiger partial charge in [-0.15, -0.1) is 0 Å². The third-order valence-corrected chi connectivity index (χ3v) is 7.52. The van der Waals surface area contributed by atoms with E-state index in [0.717, 1.165) is 0 Å². The quantitative estimate of drug-likeness (QED) is 0.662. The molecule has 0 unspecified atom stereocenters. The Morgan fingerprint density at radius 1 is 1.06 bits per heavy atom. The van der Waals surface area contributed by atoms with Crippen molar-refractivity contribution in [2.24, 2.45) is 5.73 Å². The minimum absolute atomic E-state index is 0.00181. The number of benzene rings is 2. The number of alkyl halides is 2. The third-order valence-electron chi connectivity index (χ3n) is 5.73. The van der Waals surface area contributed by atoms with Crippen LogP contribution in [0.5, 0.6) is 0 Å². The van der Waals surface area contributed by atoms with Gasteiger partial charge in [0.15, 0.2) is 9.84 Å². The Morgan fingerprint density at radius 3 is 2.58 bits per heavy atom. The van der Waals surface area contributed by atoms with Gasteiger partial charge in [0, 0.05) is 43.2 Å². The van der Waals surface area contributed by atoms with Crippen LogP contribution in [0.25, 0.3) is 10.9 Å². The first-order valence-electron chi connectivity index (χ1n) is 9.98.